The van der Waals surface area contributed by atoms with Gasteiger partial charge in [0.15, 0.2) is 9.84 Å². The van der Waals surface area contributed by atoms with E-state index >= 15 is 0 Å². The summed E-state index contributed by atoms with van der Waals surface area (Å²) in [6.07, 6.45) is 3.59. The third-order valence-corrected chi connectivity index (χ3v) is 11.8. The number of rotatable bonds is 7. The Morgan fingerprint density at radius 1 is 0.844 bits per heavy atom. The zero-order valence-electron chi connectivity index (χ0n) is 20.8. The number of halogens is 1. The van der Waals surface area contributed by atoms with E-state index in [1.54, 1.807) is 13.8 Å². The summed E-state index contributed by atoms with van der Waals surface area (Å²) < 4.78 is 68.5. The van der Waals surface area contributed by atoms with Gasteiger partial charge in [-0.05, 0) is 72.1 Å². The van der Waals surface area contributed by atoms with Crippen molar-refractivity contribution in [3.8, 4) is 0 Å². The molecule has 0 aromatic carbocycles. The van der Waals surface area contributed by atoms with Gasteiger partial charge in [0, 0.05) is 11.4 Å². The highest BCUT2D eigenvalue weighted by molar-refractivity contribution is 7.91. The van der Waals surface area contributed by atoms with Crippen molar-refractivity contribution in [3.05, 3.63) is 0 Å². The summed E-state index contributed by atoms with van der Waals surface area (Å²) in [5, 5.41) is 4.85. The standard InChI is InChI=1S/C8H17ClO2S.C8H17NO2S.C4H9NO2S/c1-8(2,3)7-12(10,11)6-4-5-9;1-7(2,3)9-12(10,11)8(4)5-6-8;1-4(2-3-4)8(5,6)7/h4-7H2,1-3H3;9H,5-6H2,1-4H3;2-3H2,1H3,(H2,5,6,7). The second-order valence-electron chi connectivity index (χ2n) is 11.5. The molecule has 0 amide bonds. The van der Waals surface area contributed by atoms with Crippen LogP contribution in [0.2, 0.25) is 0 Å². The fraction of sp³-hybridized carbons (Fsp3) is 1.00. The van der Waals surface area contributed by atoms with E-state index in [0.29, 0.717) is 12.3 Å². The molecule has 0 aliphatic heterocycles. The summed E-state index contributed by atoms with van der Waals surface area (Å²) in [4.78, 5) is 0. The zero-order valence-corrected chi connectivity index (χ0v) is 24.0. The van der Waals surface area contributed by atoms with Gasteiger partial charge in [-0.3, -0.25) is 0 Å². The van der Waals surface area contributed by atoms with Crippen molar-refractivity contribution in [3.63, 3.8) is 0 Å². The molecule has 0 bridgehead atoms. The fourth-order valence-electron chi connectivity index (χ4n) is 2.44. The predicted octanol–water partition coefficient (Wildman–Crippen LogP) is 3.16. The van der Waals surface area contributed by atoms with Gasteiger partial charge in [-0.2, -0.15) is 0 Å². The van der Waals surface area contributed by atoms with Crippen LogP contribution in [0.5, 0.6) is 0 Å². The molecule has 8 nitrogen and oxygen atoms in total. The molecule has 2 aliphatic rings. The SMILES string of the molecule is CC(C)(C)CS(=O)(=O)CCCCl.CC(C)(C)NS(=O)(=O)C1(C)CC1.CC1(S(N)(=O)=O)CC1. The van der Waals surface area contributed by atoms with Gasteiger partial charge in [0.05, 0.1) is 21.0 Å². The van der Waals surface area contributed by atoms with Gasteiger partial charge in [-0.15, -0.1) is 11.6 Å². The number of nitrogens with one attached hydrogen (secondary N) is 1. The van der Waals surface area contributed by atoms with Gasteiger partial charge in [-0.25, -0.2) is 35.1 Å². The normalized spacial score (nSPS) is 19.7. The molecule has 0 spiro atoms. The molecular formula is C20H43ClN2O6S3. The van der Waals surface area contributed by atoms with Crippen molar-refractivity contribution in [2.75, 3.05) is 17.4 Å². The van der Waals surface area contributed by atoms with E-state index < -0.39 is 39.4 Å². The summed E-state index contributed by atoms with van der Waals surface area (Å²) in [6, 6.07) is 0. The lowest BCUT2D eigenvalue weighted by atomic mass is 10.0. The summed E-state index contributed by atoms with van der Waals surface area (Å²) >= 11 is 5.41. The van der Waals surface area contributed by atoms with Crippen LogP contribution >= 0.6 is 11.6 Å². The average Bonchev–Trinajstić information content (AvgIpc) is 3.40. The van der Waals surface area contributed by atoms with Crippen LogP contribution in [0.25, 0.3) is 0 Å². The number of nitrogens with two attached hydrogens (primary N) is 1. The Balaban J connectivity index is 0.000000460. The van der Waals surface area contributed by atoms with Gasteiger partial charge in [0.25, 0.3) is 0 Å². The van der Waals surface area contributed by atoms with Gasteiger partial charge in [0.2, 0.25) is 20.0 Å². The lowest BCUT2D eigenvalue weighted by Gasteiger charge is -2.23. The Morgan fingerprint density at radius 3 is 1.47 bits per heavy atom. The Bertz CT molecular complexity index is 923. The van der Waals surface area contributed by atoms with Crippen molar-refractivity contribution < 1.29 is 25.3 Å². The maximum absolute atomic E-state index is 11.6. The number of hydrogen-bond donors (Lipinski definition) is 2. The Kier molecular flexibility index (Phi) is 10.8. The molecule has 2 fully saturated rings. The monoisotopic (exact) mass is 538 g/mol. The minimum atomic E-state index is -3.23. The van der Waals surface area contributed by atoms with Crippen LogP contribution in [0.1, 0.15) is 87.5 Å². The Labute approximate surface area is 201 Å². The van der Waals surface area contributed by atoms with Crippen LogP contribution in [0.4, 0.5) is 0 Å². The molecule has 0 unspecified atom stereocenters. The molecule has 194 valence electrons. The largest absolute Gasteiger partial charge is 0.229 e. The van der Waals surface area contributed by atoms with Crippen molar-refractivity contribution in [1.82, 2.24) is 4.72 Å². The molecule has 2 rings (SSSR count). The highest BCUT2D eigenvalue weighted by Crippen LogP contribution is 2.42. The molecule has 12 heteroatoms. The molecule has 0 radical (unpaired) electrons. The molecule has 0 aromatic heterocycles. The zero-order chi connectivity index (χ0) is 25.9. The van der Waals surface area contributed by atoms with Crippen LogP contribution in [-0.2, 0) is 29.9 Å². The maximum Gasteiger partial charge on any atom is 0.217 e. The number of hydrogen-bond acceptors (Lipinski definition) is 6. The van der Waals surface area contributed by atoms with Crippen molar-refractivity contribution in [2.45, 2.75) is 103 Å². The van der Waals surface area contributed by atoms with E-state index in [1.807, 2.05) is 41.5 Å². The average molecular weight is 539 g/mol. The molecule has 0 atom stereocenters. The van der Waals surface area contributed by atoms with E-state index in [4.69, 9.17) is 16.7 Å². The minimum Gasteiger partial charge on any atom is -0.229 e. The van der Waals surface area contributed by atoms with Crippen LogP contribution in [0.15, 0.2) is 0 Å². The molecule has 2 aliphatic carbocycles. The predicted molar refractivity (Wildman–Crippen MR) is 134 cm³/mol. The molecule has 0 saturated heterocycles. The summed E-state index contributed by atoms with van der Waals surface area (Å²) in [6.45, 7) is 14.8. The van der Waals surface area contributed by atoms with E-state index in [-0.39, 0.29) is 22.5 Å². The van der Waals surface area contributed by atoms with E-state index in [0.717, 1.165) is 25.7 Å². The summed E-state index contributed by atoms with van der Waals surface area (Å²) in [5.74, 6) is 0.883. The lowest BCUT2D eigenvalue weighted by molar-refractivity contribution is 0.461. The smallest absolute Gasteiger partial charge is 0.217 e. The summed E-state index contributed by atoms with van der Waals surface area (Å²) in [7, 11) is -9.21. The molecule has 0 heterocycles. The maximum atomic E-state index is 11.6. The first-order valence-electron chi connectivity index (χ1n) is 10.7. The lowest BCUT2D eigenvalue weighted by Crippen LogP contribution is -2.45. The van der Waals surface area contributed by atoms with Crippen molar-refractivity contribution >= 4 is 41.5 Å². The molecule has 3 N–H and O–H groups in total. The first-order chi connectivity index (χ1) is 13.9. The van der Waals surface area contributed by atoms with Gasteiger partial charge in [-0.1, -0.05) is 20.8 Å². The van der Waals surface area contributed by atoms with E-state index in [1.165, 1.54) is 0 Å². The molecular weight excluding hydrogens is 496 g/mol. The van der Waals surface area contributed by atoms with Crippen molar-refractivity contribution in [2.24, 2.45) is 10.6 Å². The molecule has 32 heavy (non-hydrogen) atoms. The highest BCUT2D eigenvalue weighted by atomic mass is 35.5. The van der Waals surface area contributed by atoms with Crippen molar-refractivity contribution in [1.29, 1.82) is 0 Å². The van der Waals surface area contributed by atoms with Gasteiger partial charge >= 0.3 is 0 Å². The first kappa shape index (κ1) is 32.1. The third kappa shape index (κ3) is 12.5. The molecule has 0 aromatic rings. The Morgan fingerprint density at radius 2 is 1.25 bits per heavy atom. The van der Waals surface area contributed by atoms with Gasteiger partial charge < -0.3 is 0 Å². The number of sulfone groups is 1. The number of primary sulfonamides is 1. The molecule has 2 saturated carbocycles. The van der Waals surface area contributed by atoms with Crippen LogP contribution in [0, 0.1) is 5.41 Å². The highest BCUT2D eigenvalue weighted by Gasteiger charge is 2.51. The van der Waals surface area contributed by atoms with E-state index in [9.17, 15) is 25.3 Å². The van der Waals surface area contributed by atoms with Crippen LogP contribution < -0.4 is 9.86 Å². The Hall–Kier alpha value is 0.0600. The van der Waals surface area contributed by atoms with Crippen LogP contribution in [-0.4, -0.2) is 57.7 Å². The number of alkyl halides is 1. The first-order valence-corrected chi connectivity index (χ1v) is 16.1. The second kappa shape index (κ2) is 10.8. The van der Waals surface area contributed by atoms with E-state index in [2.05, 4.69) is 4.72 Å². The quantitative estimate of drug-likeness (QED) is 0.477. The number of sulfonamides is 2. The fourth-order valence-corrected chi connectivity index (χ4v) is 7.14. The second-order valence-corrected chi connectivity index (χ2v) is 18.3. The third-order valence-electron chi connectivity index (χ3n) is 4.93. The van der Waals surface area contributed by atoms with Crippen LogP contribution in [0.3, 0.4) is 0 Å². The minimum absolute atomic E-state index is 0.148. The topological polar surface area (TPSA) is 140 Å². The van der Waals surface area contributed by atoms with Gasteiger partial charge in [0.1, 0.15) is 0 Å². The summed E-state index contributed by atoms with van der Waals surface area (Å²) in [5.41, 5.74) is -0.504.